The minimum Gasteiger partial charge on any atom is -0.292 e. The predicted molar refractivity (Wildman–Crippen MR) is 162 cm³/mol. The van der Waals surface area contributed by atoms with Crippen LogP contribution in [0.25, 0.3) is 49.7 Å². The van der Waals surface area contributed by atoms with Gasteiger partial charge in [0.1, 0.15) is 5.82 Å². The van der Waals surface area contributed by atoms with E-state index in [1.165, 1.54) is 23.3 Å². The summed E-state index contributed by atoms with van der Waals surface area (Å²) >= 11 is 12.1. The molecule has 0 atom stereocenters. The van der Waals surface area contributed by atoms with Gasteiger partial charge in [0.2, 0.25) is 0 Å². The molecule has 0 spiro atoms. The van der Waals surface area contributed by atoms with E-state index in [1.54, 1.807) is 0 Å². The van der Waals surface area contributed by atoms with Gasteiger partial charge < -0.3 is 0 Å². The smallest absolute Gasteiger partial charge is 0.145 e. The molecule has 0 unspecified atom stereocenters. The second kappa shape index (κ2) is 8.62. The van der Waals surface area contributed by atoms with Crippen molar-refractivity contribution in [2.24, 2.45) is 0 Å². The maximum atomic E-state index is 5.28. The Labute approximate surface area is 234 Å². The van der Waals surface area contributed by atoms with E-state index >= 15 is 0 Å². The Morgan fingerprint density at radius 3 is 1.79 bits per heavy atom. The molecule has 0 bridgehead atoms. The molecule has 0 aliphatic heterocycles. The highest BCUT2D eigenvalue weighted by molar-refractivity contribution is 14.1. The first-order chi connectivity index (χ1) is 16.0. The van der Waals surface area contributed by atoms with Crippen LogP contribution in [-0.4, -0.2) is 9.55 Å². The zero-order valence-electron chi connectivity index (χ0n) is 17.0. The molecule has 5 aromatic carbocycles. The summed E-state index contributed by atoms with van der Waals surface area (Å²) in [5.74, 6) is 0.941. The summed E-state index contributed by atoms with van der Waals surface area (Å²) in [5, 5.41) is 4.74. The minimum atomic E-state index is 0.941. The summed E-state index contributed by atoms with van der Waals surface area (Å²) in [4.78, 5) is 5.28. The Balaban J connectivity index is 1.87. The van der Waals surface area contributed by atoms with E-state index in [4.69, 9.17) is 4.98 Å². The van der Waals surface area contributed by atoms with Crippen LogP contribution in [0.3, 0.4) is 0 Å². The van der Waals surface area contributed by atoms with Gasteiger partial charge in [-0.1, -0.05) is 56.1 Å². The third kappa shape index (κ3) is 3.83. The van der Waals surface area contributed by atoms with E-state index in [9.17, 15) is 0 Å². The average molecular weight is 780 g/mol. The maximum Gasteiger partial charge on any atom is 0.145 e. The van der Waals surface area contributed by atoms with Crippen molar-refractivity contribution in [3.63, 3.8) is 0 Å². The van der Waals surface area contributed by atoms with E-state index in [2.05, 4.69) is 167 Å². The molecule has 0 aliphatic rings. The molecule has 6 rings (SSSR count). The van der Waals surface area contributed by atoms with Crippen LogP contribution in [0, 0.1) is 7.14 Å². The topological polar surface area (TPSA) is 17.8 Å². The number of nitrogens with zero attached hydrogens (tertiary/aromatic N) is 2. The average Bonchev–Trinajstić information content (AvgIpc) is 3.21. The SMILES string of the molecule is Brc1ccc2c3ccc(Br)cc3c3c(nc(-c4ccc(I)cc4)n3-c3ccc(I)cc3)c2c1. The van der Waals surface area contributed by atoms with Gasteiger partial charge in [0.15, 0.2) is 0 Å². The monoisotopic (exact) mass is 778 g/mol. The molecule has 0 radical (unpaired) electrons. The van der Waals surface area contributed by atoms with Crippen LogP contribution >= 0.6 is 77.0 Å². The normalized spacial score (nSPS) is 11.6. The molecule has 6 aromatic rings. The van der Waals surface area contributed by atoms with Gasteiger partial charge in [0, 0.05) is 38.1 Å². The Morgan fingerprint density at radius 1 is 0.606 bits per heavy atom. The van der Waals surface area contributed by atoms with Gasteiger partial charge in [0.25, 0.3) is 0 Å². The summed E-state index contributed by atoms with van der Waals surface area (Å²) in [5.41, 5.74) is 4.31. The molecule has 0 N–H and O–H groups in total. The van der Waals surface area contributed by atoms with E-state index in [0.717, 1.165) is 42.4 Å². The summed E-state index contributed by atoms with van der Waals surface area (Å²) < 4.78 is 6.82. The molecule has 0 saturated carbocycles. The molecule has 160 valence electrons. The van der Waals surface area contributed by atoms with Crippen LogP contribution in [0.5, 0.6) is 0 Å². The van der Waals surface area contributed by atoms with Crippen LogP contribution in [0.15, 0.2) is 93.9 Å². The van der Waals surface area contributed by atoms with Gasteiger partial charge in [-0.05, 0) is 117 Å². The molecule has 6 heteroatoms. The van der Waals surface area contributed by atoms with Gasteiger partial charge in [-0.2, -0.15) is 0 Å². The molecule has 0 aliphatic carbocycles. The molecule has 0 saturated heterocycles. The summed E-state index contributed by atoms with van der Waals surface area (Å²) in [6, 6.07) is 30.2. The Bertz CT molecular complexity index is 1690. The van der Waals surface area contributed by atoms with Crippen LogP contribution in [0.1, 0.15) is 0 Å². The van der Waals surface area contributed by atoms with Crippen molar-refractivity contribution in [1.82, 2.24) is 9.55 Å². The number of hydrogen-bond donors (Lipinski definition) is 0. The number of aromatic nitrogens is 2. The van der Waals surface area contributed by atoms with E-state index in [1.807, 2.05) is 0 Å². The highest BCUT2D eigenvalue weighted by Crippen LogP contribution is 2.40. The van der Waals surface area contributed by atoms with Gasteiger partial charge in [-0.25, -0.2) is 4.98 Å². The van der Waals surface area contributed by atoms with Crippen LogP contribution in [0.2, 0.25) is 0 Å². The van der Waals surface area contributed by atoms with Crippen molar-refractivity contribution in [2.45, 2.75) is 0 Å². The zero-order chi connectivity index (χ0) is 22.7. The molecule has 33 heavy (non-hydrogen) atoms. The van der Waals surface area contributed by atoms with Gasteiger partial charge in [-0.15, -0.1) is 0 Å². The fourth-order valence-electron chi connectivity index (χ4n) is 4.39. The maximum absolute atomic E-state index is 5.28. The predicted octanol–water partition coefficient (Wildman–Crippen LogP) is 9.73. The zero-order valence-corrected chi connectivity index (χ0v) is 24.5. The minimum absolute atomic E-state index is 0.941. The van der Waals surface area contributed by atoms with E-state index < -0.39 is 0 Å². The Hall–Kier alpha value is -1.49. The number of halogens is 4. The molecule has 1 aromatic heterocycles. The van der Waals surface area contributed by atoms with Crippen molar-refractivity contribution in [3.8, 4) is 17.1 Å². The lowest BCUT2D eigenvalue weighted by molar-refractivity contribution is 1.10. The molecule has 0 amide bonds. The van der Waals surface area contributed by atoms with Crippen molar-refractivity contribution < 1.29 is 0 Å². The molecular formula is C27H14Br2I2N2. The lowest BCUT2D eigenvalue weighted by Gasteiger charge is -2.13. The third-order valence-corrected chi connectivity index (χ3v) is 8.25. The lowest BCUT2D eigenvalue weighted by atomic mass is 10.00. The van der Waals surface area contributed by atoms with Crippen LogP contribution < -0.4 is 0 Å². The first-order valence-electron chi connectivity index (χ1n) is 10.2. The fraction of sp³-hybridized carbons (Fsp3) is 0. The number of imidazole rings is 1. The van der Waals surface area contributed by atoms with Crippen molar-refractivity contribution in [3.05, 3.63) is 101 Å². The highest BCUT2D eigenvalue weighted by atomic mass is 127. The Morgan fingerprint density at radius 2 is 1.15 bits per heavy atom. The fourth-order valence-corrected chi connectivity index (χ4v) is 5.83. The first kappa shape index (κ1) is 22.0. The van der Waals surface area contributed by atoms with Crippen molar-refractivity contribution in [2.75, 3.05) is 0 Å². The summed E-state index contributed by atoms with van der Waals surface area (Å²) in [6.45, 7) is 0. The van der Waals surface area contributed by atoms with E-state index in [0.29, 0.717) is 0 Å². The lowest BCUT2D eigenvalue weighted by Crippen LogP contribution is -1.98. The second-order valence-electron chi connectivity index (χ2n) is 7.83. The van der Waals surface area contributed by atoms with Crippen LogP contribution in [0.4, 0.5) is 0 Å². The van der Waals surface area contributed by atoms with Crippen molar-refractivity contribution in [1.29, 1.82) is 0 Å². The standard InChI is InChI=1S/C27H14Br2I2N2/c28-16-3-11-21-22-12-4-17(29)14-24(22)26-25(23(21)13-16)32-27(15-1-5-18(30)6-2-15)33(26)20-9-7-19(31)8-10-20/h1-14H. The third-order valence-electron chi connectivity index (χ3n) is 5.83. The number of rotatable bonds is 2. The van der Waals surface area contributed by atoms with Crippen LogP contribution in [-0.2, 0) is 0 Å². The number of fused-ring (bicyclic) bond motifs is 6. The Kier molecular flexibility index (Phi) is 5.75. The van der Waals surface area contributed by atoms with Gasteiger partial charge >= 0.3 is 0 Å². The van der Waals surface area contributed by atoms with Gasteiger partial charge in [0.05, 0.1) is 11.0 Å². The van der Waals surface area contributed by atoms with Gasteiger partial charge in [-0.3, -0.25) is 4.57 Å². The highest BCUT2D eigenvalue weighted by Gasteiger charge is 2.20. The first-order valence-corrected chi connectivity index (χ1v) is 14.0. The molecular weight excluding hydrogens is 766 g/mol. The largest absolute Gasteiger partial charge is 0.292 e. The quantitative estimate of drug-likeness (QED) is 0.127. The molecule has 1 heterocycles. The summed E-state index contributed by atoms with van der Waals surface area (Å²) in [7, 11) is 0. The second-order valence-corrected chi connectivity index (χ2v) is 12.2. The molecule has 0 fully saturated rings. The number of benzene rings is 5. The van der Waals surface area contributed by atoms with E-state index in [-0.39, 0.29) is 0 Å². The summed E-state index contributed by atoms with van der Waals surface area (Å²) in [6.07, 6.45) is 0. The van der Waals surface area contributed by atoms with Crippen molar-refractivity contribution >= 4 is 110 Å². The molecule has 2 nitrogen and oxygen atoms in total. The number of hydrogen-bond acceptors (Lipinski definition) is 1.